The average Bonchev–Trinajstić information content (AvgIpc) is 2.92. The normalized spacial score (nSPS) is 10.7. The van der Waals surface area contributed by atoms with Crippen LogP contribution in [0, 0.1) is 0 Å². The molecule has 20 heavy (non-hydrogen) atoms. The summed E-state index contributed by atoms with van der Waals surface area (Å²) in [7, 11) is 0. The van der Waals surface area contributed by atoms with Crippen LogP contribution in [0.2, 0.25) is 0 Å². The lowest BCUT2D eigenvalue weighted by atomic mass is 10.1. The molecule has 0 saturated carbocycles. The van der Waals surface area contributed by atoms with Crippen molar-refractivity contribution in [2.45, 2.75) is 6.92 Å². The van der Waals surface area contributed by atoms with E-state index >= 15 is 0 Å². The number of hydrogen-bond acceptors (Lipinski definition) is 6. The van der Waals surface area contributed by atoms with E-state index in [2.05, 4.69) is 20.8 Å². The van der Waals surface area contributed by atoms with Gasteiger partial charge in [-0.15, -0.1) is 11.3 Å². The van der Waals surface area contributed by atoms with Crippen molar-refractivity contribution in [3.8, 4) is 16.9 Å². The number of nitrogen functional groups attached to an aromatic ring is 1. The van der Waals surface area contributed by atoms with Gasteiger partial charge in [-0.3, -0.25) is 0 Å². The summed E-state index contributed by atoms with van der Waals surface area (Å²) in [5.74, 6) is 7.03. The van der Waals surface area contributed by atoms with Gasteiger partial charge >= 0.3 is 0 Å². The summed E-state index contributed by atoms with van der Waals surface area (Å²) < 4.78 is 5.46. The Bertz CT molecular complexity index is 724. The molecular formula is C14H14N4OS. The van der Waals surface area contributed by atoms with Gasteiger partial charge in [0.25, 0.3) is 0 Å². The number of ether oxygens (including phenoxy) is 1. The van der Waals surface area contributed by atoms with E-state index in [1.54, 1.807) is 11.3 Å². The maximum absolute atomic E-state index is 5.53. The van der Waals surface area contributed by atoms with Crippen molar-refractivity contribution >= 4 is 27.4 Å². The smallest absolute Gasteiger partial charge is 0.152 e. The second-order valence-corrected chi connectivity index (χ2v) is 5.01. The molecule has 0 atom stereocenters. The van der Waals surface area contributed by atoms with E-state index in [4.69, 9.17) is 10.6 Å². The number of nitrogens with one attached hydrogen (secondary N) is 1. The molecule has 2 heterocycles. The van der Waals surface area contributed by atoms with E-state index in [1.807, 2.05) is 31.2 Å². The summed E-state index contributed by atoms with van der Waals surface area (Å²) in [4.78, 5) is 9.35. The number of aromatic nitrogens is 2. The van der Waals surface area contributed by atoms with Crippen LogP contribution in [0.1, 0.15) is 6.92 Å². The third-order valence-corrected chi connectivity index (χ3v) is 3.87. The van der Waals surface area contributed by atoms with Crippen LogP contribution in [0.4, 0.5) is 5.82 Å². The van der Waals surface area contributed by atoms with Crippen LogP contribution in [0.5, 0.6) is 5.75 Å². The molecule has 0 spiro atoms. The highest BCUT2D eigenvalue weighted by atomic mass is 32.1. The van der Waals surface area contributed by atoms with Gasteiger partial charge in [0.1, 0.15) is 16.9 Å². The lowest BCUT2D eigenvalue weighted by Crippen LogP contribution is -2.08. The van der Waals surface area contributed by atoms with Gasteiger partial charge in [0, 0.05) is 10.9 Å². The molecule has 0 saturated heterocycles. The maximum Gasteiger partial charge on any atom is 0.152 e. The molecule has 102 valence electrons. The number of hydrazine groups is 1. The van der Waals surface area contributed by atoms with Gasteiger partial charge in [-0.2, -0.15) is 0 Å². The number of hydrogen-bond donors (Lipinski definition) is 2. The largest absolute Gasteiger partial charge is 0.494 e. The minimum Gasteiger partial charge on any atom is -0.494 e. The molecule has 0 radical (unpaired) electrons. The first kappa shape index (κ1) is 12.8. The second kappa shape index (κ2) is 5.44. The zero-order valence-corrected chi connectivity index (χ0v) is 11.8. The van der Waals surface area contributed by atoms with E-state index in [9.17, 15) is 0 Å². The van der Waals surface area contributed by atoms with Crippen molar-refractivity contribution in [2.75, 3.05) is 12.0 Å². The number of benzene rings is 1. The van der Waals surface area contributed by atoms with Crippen molar-refractivity contribution in [3.05, 3.63) is 36.0 Å². The zero-order chi connectivity index (χ0) is 13.9. The number of thiophene rings is 1. The molecule has 0 unspecified atom stereocenters. The van der Waals surface area contributed by atoms with E-state index in [0.29, 0.717) is 12.4 Å². The summed E-state index contributed by atoms with van der Waals surface area (Å²) >= 11 is 1.57. The van der Waals surface area contributed by atoms with Gasteiger partial charge in [-0.05, 0) is 24.6 Å². The van der Waals surface area contributed by atoms with E-state index in [1.165, 1.54) is 6.33 Å². The van der Waals surface area contributed by atoms with Crippen LogP contribution in [-0.2, 0) is 0 Å². The van der Waals surface area contributed by atoms with Crippen molar-refractivity contribution in [1.82, 2.24) is 9.97 Å². The van der Waals surface area contributed by atoms with Crippen LogP contribution in [0.3, 0.4) is 0 Å². The van der Waals surface area contributed by atoms with Gasteiger partial charge in [0.05, 0.1) is 12.0 Å². The Morgan fingerprint density at radius 3 is 2.75 bits per heavy atom. The van der Waals surface area contributed by atoms with E-state index < -0.39 is 0 Å². The highest BCUT2D eigenvalue weighted by molar-refractivity contribution is 7.17. The summed E-state index contributed by atoms with van der Waals surface area (Å²) in [6.45, 7) is 2.63. The number of anilines is 1. The van der Waals surface area contributed by atoms with Gasteiger partial charge < -0.3 is 10.2 Å². The van der Waals surface area contributed by atoms with Crippen molar-refractivity contribution in [2.24, 2.45) is 5.84 Å². The summed E-state index contributed by atoms with van der Waals surface area (Å²) in [6.07, 6.45) is 1.51. The first-order valence-corrected chi connectivity index (χ1v) is 7.13. The van der Waals surface area contributed by atoms with Gasteiger partial charge in [-0.25, -0.2) is 15.8 Å². The third-order valence-electron chi connectivity index (χ3n) is 2.98. The lowest BCUT2D eigenvalue weighted by Gasteiger charge is -2.06. The minimum absolute atomic E-state index is 0.639. The molecule has 0 aliphatic carbocycles. The van der Waals surface area contributed by atoms with Gasteiger partial charge in [0.2, 0.25) is 0 Å². The topological polar surface area (TPSA) is 73.1 Å². The Morgan fingerprint density at radius 2 is 2.05 bits per heavy atom. The summed E-state index contributed by atoms with van der Waals surface area (Å²) in [6, 6.07) is 7.98. The van der Waals surface area contributed by atoms with E-state index in [0.717, 1.165) is 27.1 Å². The number of rotatable bonds is 4. The molecule has 0 bridgehead atoms. The molecule has 3 rings (SSSR count). The molecule has 0 aliphatic rings. The van der Waals surface area contributed by atoms with E-state index in [-0.39, 0.29) is 0 Å². The Morgan fingerprint density at radius 1 is 1.25 bits per heavy atom. The first-order valence-electron chi connectivity index (χ1n) is 6.25. The lowest BCUT2D eigenvalue weighted by molar-refractivity contribution is 0.340. The predicted octanol–water partition coefficient (Wildman–Crippen LogP) is 3.04. The molecular weight excluding hydrogens is 272 g/mol. The Hall–Kier alpha value is -2.18. The molecule has 3 N–H and O–H groups in total. The fraction of sp³-hybridized carbons (Fsp3) is 0.143. The fourth-order valence-electron chi connectivity index (χ4n) is 2.09. The monoisotopic (exact) mass is 286 g/mol. The third kappa shape index (κ3) is 2.19. The highest BCUT2D eigenvalue weighted by Crippen LogP contribution is 2.36. The van der Waals surface area contributed by atoms with Gasteiger partial charge in [-0.1, -0.05) is 12.1 Å². The fourth-order valence-corrected chi connectivity index (χ4v) is 3.01. The molecule has 0 aliphatic heterocycles. The quantitative estimate of drug-likeness (QED) is 0.569. The maximum atomic E-state index is 5.53. The molecule has 6 heteroatoms. The standard InChI is InChI=1S/C14H14N4OS/c1-2-19-10-5-3-9(4-6-10)11-7-20-14-12(11)13(18-15)16-8-17-14/h3-8H,2,15H2,1H3,(H,16,17,18). The average molecular weight is 286 g/mol. The molecule has 1 aromatic carbocycles. The molecule has 3 aromatic rings. The molecule has 0 amide bonds. The predicted molar refractivity (Wildman–Crippen MR) is 81.8 cm³/mol. The van der Waals surface area contributed by atoms with Crippen LogP contribution >= 0.6 is 11.3 Å². The van der Waals surface area contributed by atoms with Crippen molar-refractivity contribution < 1.29 is 4.74 Å². The van der Waals surface area contributed by atoms with Crippen LogP contribution in [0.15, 0.2) is 36.0 Å². The number of nitrogens with two attached hydrogens (primary N) is 1. The molecule has 0 fully saturated rings. The Kier molecular flexibility index (Phi) is 3.49. The molecule has 5 nitrogen and oxygen atoms in total. The first-order chi connectivity index (χ1) is 9.83. The SMILES string of the molecule is CCOc1ccc(-c2csc3ncnc(NN)c23)cc1. The molecule has 2 aromatic heterocycles. The summed E-state index contributed by atoms with van der Waals surface area (Å²) in [5.41, 5.74) is 4.79. The van der Waals surface area contributed by atoms with Crippen molar-refractivity contribution in [1.29, 1.82) is 0 Å². The second-order valence-electron chi connectivity index (χ2n) is 4.15. The van der Waals surface area contributed by atoms with Crippen molar-refractivity contribution in [3.63, 3.8) is 0 Å². The minimum atomic E-state index is 0.639. The zero-order valence-electron chi connectivity index (χ0n) is 11.0. The Labute approximate surface area is 120 Å². The van der Waals surface area contributed by atoms with Gasteiger partial charge in [0.15, 0.2) is 5.82 Å². The number of nitrogens with zero attached hydrogens (tertiary/aromatic N) is 2. The van der Waals surface area contributed by atoms with Crippen LogP contribution < -0.4 is 16.0 Å². The van der Waals surface area contributed by atoms with Crippen LogP contribution in [-0.4, -0.2) is 16.6 Å². The number of fused-ring (bicyclic) bond motifs is 1. The summed E-state index contributed by atoms with van der Waals surface area (Å²) in [5, 5.41) is 3.01. The Balaban J connectivity index is 2.09. The van der Waals surface area contributed by atoms with Crippen LogP contribution in [0.25, 0.3) is 21.3 Å². The highest BCUT2D eigenvalue weighted by Gasteiger charge is 2.12.